The van der Waals surface area contributed by atoms with Crippen LogP contribution in [0.1, 0.15) is 43.7 Å². The molecule has 26 heavy (non-hydrogen) atoms. The van der Waals surface area contributed by atoms with Crippen LogP contribution in [-0.4, -0.2) is 31.1 Å². The number of amides is 1. The zero-order valence-corrected chi connectivity index (χ0v) is 15.8. The summed E-state index contributed by atoms with van der Waals surface area (Å²) in [7, 11) is 3.58. The van der Waals surface area contributed by atoms with Gasteiger partial charge in [-0.25, -0.2) is 0 Å². The van der Waals surface area contributed by atoms with Gasteiger partial charge < -0.3 is 10.6 Å². The molecule has 0 spiro atoms. The minimum Gasteiger partial charge on any atom is -0.398 e. The second-order valence-corrected chi connectivity index (χ2v) is 6.88. The quantitative estimate of drug-likeness (QED) is 0.861. The highest BCUT2D eigenvalue weighted by atomic mass is 16.2. The van der Waals surface area contributed by atoms with Crippen LogP contribution in [0.5, 0.6) is 0 Å². The third kappa shape index (κ3) is 3.27. The number of nitrogens with zero attached hydrogens (tertiary/aromatic N) is 2. The van der Waals surface area contributed by atoms with Crippen molar-refractivity contribution in [2.24, 2.45) is 10.7 Å². The molecule has 1 aliphatic rings. The largest absolute Gasteiger partial charge is 0.398 e. The van der Waals surface area contributed by atoms with Gasteiger partial charge in [0, 0.05) is 38.1 Å². The zero-order chi connectivity index (χ0) is 18.8. The third-order valence-electron chi connectivity index (χ3n) is 5.20. The van der Waals surface area contributed by atoms with E-state index >= 15 is 0 Å². The van der Waals surface area contributed by atoms with E-state index < -0.39 is 0 Å². The number of nitrogens with two attached hydrogens (primary N) is 1. The Bertz CT molecular complexity index is 908. The summed E-state index contributed by atoms with van der Waals surface area (Å²) in [6.07, 6.45) is 4.29. The molecule has 0 saturated carbocycles. The monoisotopic (exact) mass is 347 g/mol. The fourth-order valence-electron chi connectivity index (χ4n) is 3.42. The fraction of sp³-hybridized carbons (Fsp3) is 0.273. The van der Waals surface area contributed by atoms with Gasteiger partial charge in [-0.1, -0.05) is 24.3 Å². The first-order valence-electron chi connectivity index (χ1n) is 8.77. The Hall–Kier alpha value is -2.88. The zero-order valence-electron chi connectivity index (χ0n) is 15.8. The summed E-state index contributed by atoms with van der Waals surface area (Å²) >= 11 is 0. The Morgan fingerprint density at radius 3 is 2.58 bits per heavy atom. The molecule has 0 unspecified atom stereocenters. The van der Waals surface area contributed by atoms with E-state index in [4.69, 9.17) is 5.73 Å². The molecule has 1 amide bonds. The van der Waals surface area contributed by atoms with E-state index in [1.165, 1.54) is 27.8 Å². The summed E-state index contributed by atoms with van der Waals surface area (Å²) in [5.74, 6) is 0.121. The summed E-state index contributed by atoms with van der Waals surface area (Å²) in [6.45, 7) is 4.98. The van der Waals surface area contributed by atoms with Crippen LogP contribution in [-0.2, 0) is 13.0 Å². The number of allylic oxidation sites excluding steroid dienone is 1. The van der Waals surface area contributed by atoms with Gasteiger partial charge in [-0.05, 0) is 65.8 Å². The molecular formula is C22H25N3O. The van der Waals surface area contributed by atoms with Crippen molar-refractivity contribution < 1.29 is 4.79 Å². The molecule has 3 rings (SSSR count). The second kappa shape index (κ2) is 7.16. The lowest BCUT2D eigenvalue weighted by molar-refractivity contribution is 0.0816. The van der Waals surface area contributed by atoms with Gasteiger partial charge in [0.1, 0.15) is 0 Å². The van der Waals surface area contributed by atoms with Crippen LogP contribution in [0.3, 0.4) is 0 Å². The molecule has 1 heterocycles. The van der Waals surface area contributed by atoms with Crippen molar-refractivity contribution in [3.63, 3.8) is 0 Å². The first-order chi connectivity index (χ1) is 12.4. The first-order valence-corrected chi connectivity index (χ1v) is 8.77. The maximum atomic E-state index is 12.4. The molecule has 4 heteroatoms. The third-order valence-corrected chi connectivity index (χ3v) is 5.20. The number of carbonyl (C=O) groups excluding carboxylic acids is 1. The predicted molar refractivity (Wildman–Crippen MR) is 108 cm³/mol. The lowest BCUT2D eigenvalue weighted by Gasteiger charge is -2.13. The van der Waals surface area contributed by atoms with Gasteiger partial charge in [0.25, 0.3) is 5.91 Å². The molecule has 4 nitrogen and oxygen atoms in total. The van der Waals surface area contributed by atoms with Crippen molar-refractivity contribution in [1.82, 2.24) is 4.90 Å². The van der Waals surface area contributed by atoms with Crippen LogP contribution in [0, 0.1) is 13.8 Å². The highest BCUT2D eigenvalue weighted by Gasteiger charge is 2.27. The van der Waals surface area contributed by atoms with E-state index in [2.05, 4.69) is 37.0 Å². The van der Waals surface area contributed by atoms with E-state index in [9.17, 15) is 4.79 Å². The van der Waals surface area contributed by atoms with Gasteiger partial charge in [0.15, 0.2) is 0 Å². The van der Waals surface area contributed by atoms with Crippen molar-refractivity contribution in [1.29, 1.82) is 0 Å². The van der Waals surface area contributed by atoms with Crippen molar-refractivity contribution in [2.75, 3.05) is 14.1 Å². The maximum Gasteiger partial charge on any atom is 0.254 e. The maximum absolute atomic E-state index is 12.4. The molecule has 134 valence electrons. The molecule has 0 radical (unpaired) electrons. The number of rotatable bonds is 4. The minimum atomic E-state index is 0.121. The van der Waals surface area contributed by atoms with Crippen LogP contribution in [0.25, 0.3) is 5.70 Å². The Kier molecular flexibility index (Phi) is 4.94. The summed E-state index contributed by atoms with van der Waals surface area (Å²) in [5.41, 5.74) is 14.7. The van der Waals surface area contributed by atoms with Crippen molar-refractivity contribution in [3.05, 3.63) is 75.4 Å². The summed E-state index contributed by atoms with van der Waals surface area (Å²) in [6, 6.07) is 10.3. The van der Waals surface area contributed by atoms with Gasteiger partial charge >= 0.3 is 0 Å². The van der Waals surface area contributed by atoms with Crippen LogP contribution < -0.4 is 5.73 Å². The van der Waals surface area contributed by atoms with Gasteiger partial charge in [-0.2, -0.15) is 0 Å². The summed E-state index contributed by atoms with van der Waals surface area (Å²) in [5, 5.41) is 0. The number of aliphatic imine (C=N–C) groups is 1. The van der Waals surface area contributed by atoms with Crippen molar-refractivity contribution in [2.45, 2.75) is 26.8 Å². The molecule has 1 aliphatic heterocycles. The normalized spacial score (nSPS) is 14.4. The molecule has 0 bridgehead atoms. The lowest BCUT2D eigenvalue weighted by Crippen LogP contribution is -2.17. The average molecular weight is 347 g/mol. The predicted octanol–water partition coefficient (Wildman–Crippen LogP) is 3.48. The van der Waals surface area contributed by atoms with E-state index in [1.54, 1.807) is 24.2 Å². The SMILES string of the molecule is CN=CC=C(N)c1ccc(Cc2cc3c(c(C)c2C)CN(C)C3=O)cc1. The van der Waals surface area contributed by atoms with Gasteiger partial charge in [0.2, 0.25) is 0 Å². The molecule has 0 aliphatic carbocycles. The van der Waals surface area contributed by atoms with Crippen LogP contribution in [0.15, 0.2) is 41.4 Å². The van der Waals surface area contributed by atoms with Gasteiger partial charge in [-0.15, -0.1) is 0 Å². The molecule has 0 atom stereocenters. The molecule has 2 aromatic carbocycles. The lowest BCUT2D eigenvalue weighted by atomic mass is 9.91. The highest BCUT2D eigenvalue weighted by molar-refractivity contribution is 5.99. The fourth-order valence-corrected chi connectivity index (χ4v) is 3.42. The Morgan fingerprint density at radius 2 is 1.92 bits per heavy atom. The summed E-state index contributed by atoms with van der Waals surface area (Å²) in [4.78, 5) is 18.1. The Morgan fingerprint density at radius 1 is 1.23 bits per heavy atom. The van der Waals surface area contributed by atoms with E-state index in [0.29, 0.717) is 12.2 Å². The van der Waals surface area contributed by atoms with E-state index in [0.717, 1.165) is 17.5 Å². The van der Waals surface area contributed by atoms with Crippen LogP contribution >= 0.6 is 0 Å². The minimum absolute atomic E-state index is 0.121. The molecule has 0 aromatic heterocycles. The van der Waals surface area contributed by atoms with E-state index in [1.807, 2.05) is 19.2 Å². The number of fused-ring (bicyclic) bond motifs is 1. The average Bonchev–Trinajstić information content (AvgIpc) is 2.93. The van der Waals surface area contributed by atoms with Gasteiger partial charge in [-0.3, -0.25) is 9.79 Å². The first kappa shape index (κ1) is 17.9. The molecule has 0 saturated heterocycles. The topological polar surface area (TPSA) is 58.7 Å². The molecule has 2 aromatic rings. The van der Waals surface area contributed by atoms with Crippen LogP contribution in [0.4, 0.5) is 0 Å². The molecule has 0 fully saturated rings. The number of hydrogen-bond acceptors (Lipinski definition) is 3. The Labute approximate surface area is 155 Å². The number of carbonyl (C=O) groups is 1. The van der Waals surface area contributed by atoms with E-state index in [-0.39, 0.29) is 5.91 Å². The smallest absolute Gasteiger partial charge is 0.254 e. The molecular weight excluding hydrogens is 322 g/mol. The number of benzene rings is 2. The summed E-state index contributed by atoms with van der Waals surface area (Å²) < 4.78 is 0. The highest BCUT2D eigenvalue weighted by Crippen LogP contribution is 2.30. The standard InChI is InChI=1S/C22H25N3O/c1-14-15(2)20-13-25(4)22(26)19(20)12-18(14)11-16-5-7-17(8-6-16)21(23)9-10-24-3/h5-10,12H,11,13,23H2,1-4H3. The Balaban J connectivity index is 1.88. The second-order valence-electron chi connectivity index (χ2n) is 6.88. The van der Waals surface area contributed by atoms with Crippen LogP contribution in [0.2, 0.25) is 0 Å². The van der Waals surface area contributed by atoms with Crippen molar-refractivity contribution >= 4 is 17.8 Å². The molecule has 2 N–H and O–H groups in total. The van der Waals surface area contributed by atoms with Gasteiger partial charge in [0.05, 0.1) is 0 Å². The van der Waals surface area contributed by atoms with Crippen molar-refractivity contribution in [3.8, 4) is 0 Å². The number of hydrogen-bond donors (Lipinski definition) is 1.